The molecule has 2 saturated carbocycles. The van der Waals surface area contributed by atoms with Crippen LogP contribution in [0.4, 0.5) is 22.0 Å². The summed E-state index contributed by atoms with van der Waals surface area (Å²) < 4.78 is 113. The van der Waals surface area contributed by atoms with Crippen LogP contribution in [0.2, 0.25) is 0 Å². The van der Waals surface area contributed by atoms with Gasteiger partial charge in [-0.25, -0.2) is 9.59 Å². The van der Waals surface area contributed by atoms with Crippen LogP contribution in [0.25, 0.3) is 0 Å². The molecule has 0 aromatic rings. The van der Waals surface area contributed by atoms with Crippen molar-refractivity contribution in [3.63, 3.8) is 0 Å². The number of halogens is 5. The van der Waals surface area contributed by atoms with Gasteiger partial charge in [0.05, 0.1) is 6.61 Å². The lowest BCUT2D eigenvalue weighted by molar-refractivity contribution is -0.265. The molecule has 5 atom stereocenters. The fourth-order valence-corrected chi connectivity index (χ4v) is 4.19. The molecular weight excluding hydrogens is 439 g/mol. The van der Waals surface area contributed by atoms with Gasteiger partial charge in [-0.15, -0.1) is 0 Å². The molecule has 29 heavy (non-hydrogen) atoms. The zero-order valence-electron chi connectivity index (χ0n) is 14.4. The van der Waals surface area contributed by atoms with E-state index in [0.29, 0.717) is 19.3 Å². The molecule has 1 heterocycles. The number of carbonyl (C=O) groups is 2. The summed E-state index contributed by atoms with van der Waals surface area (Å²) >= 11 is 0. The van der Waals surface area contributed by atoms with Crippen LogP contribution in [0.5, 0.6) is 0 Å². The molecule has 3 aliphatic rings. The van der Waals surface area contributed by atoms with E-state index in [1.54, 1.807) is 0 Å². The molecule has 3 fully saturated rings. The second-order valence-corrected chi connectivity index (χ2v) is 8.42. The fraction of sp³-hybridized carbons (Fsp3) is 0.857. The molecule has 0 amide bonds. The molecule has 9 nitrogen and oxygen atoms in total. The van der Waals surface area contributed by atoms with Gasteiger partial charge >= 0.3 is 33.5 Å². The van der Waals surface area contributed by atoms with E-state index in [9.17, 15) is 40.0 Å². The van der Waals surface area contributed by atoms with E-state index in [0.717, 1.165) is 0 Å². The van der Waals surface area contributed by atoms with E-state index in [2.05, 4.69) is 9.47 Å². The van der Waals surface area contributed by atoms with Crippen LogP contribution in [0, 0.1) is 11.8 Å². The first-order valence-electron chi connectivity index (χ1n) is 8.30. The van der Waals surface area contributed by atoms with E-state index in [-0.39, 0.29) is 6.61 Å². The third-order valence-corrected chi connectivity index (χ3v) is 5.95. The maximum absolute atomic E-state index is 13.5. The van der Waals surface area contributed by atoms with Crippen LogP contribution in [0.3, 0.4) is 0 Å². The molecule has 2 bridgehead atoms. The number of ether oxygens (including phenoxy) is 4. The van der Waals surface area contributed by atoms with Crippen molar-refractivity contribution in [2.75, 3.05) is 13.2 Å². The van der Waals surface area contributed by atoms with E-state index in [1.807, 2.05) is 0 Å². The Kier molecular flexibility index (Phi) is 5.33. The highest BCUT2D eigenvalue weighted by atomic mass is 32.2. The molecule has 0 radical (unpaired) electrons. The Balaban J connectivity index is 1.71. The maximum Gasteiger partial charge on any atom is 0.490 e. The molecular formula is C14H15F5O9S. The smallest absolute Gasteiger partial charge is 0.456 e. The van der Waals surface area contributed by atoms with Crippen LogP contribution in [0.1, 0.15) is 19.3 Å². The number of hydrogen-bond acceptors (Lipinski definition) is 8. The summed E-state index contributed by atoms with van der Waals surface area (Å²) in [6.07, 6.45) is -6.69. The SMILES string of the molecule is O=C(OCC1COC2(O1)C1CCC(C1)C2OC(=O)C(F)(F)S(=O)(=O)O)C(F)(F)F. The van der Waals surface area contributed by atoms with Crippen molar-refractivity contribution in [3.05, 3.63) is 0 Å². The monoisotopic (exact) mass is 454 g/mol. The minimum atomic E-state index is -6.09. The van der Waals surface area contributed by atoms with Gasteiger partial charge in [-0.05, 0) is 19.3 Å². The second kappa shape index (κ2) is 6.99. The van der Waals surface area contributed by atoms with E-state index in [1.165, 1.54) is 0 Å². The van der Waals surface area contributed by atoms with Crippen molar-refractivity contribution in [3.8, 4) is 0 Å². The Morgan fingerprint density at radius 1 is 1.14 bits per heavy atom. The lowest BCUT2D eigenvalue weighted by Gasteiger charge is -2.38. The number of rotatable bonds is 5. The van der Waals surface area contributed by atoms with Gasteiger partial charge < -0.3 is 18.9 Å². The van der Waals surface area contributed by atoms with Gasteiger partial charge in [0.25, 0.3) is 0 Å². The van der Waals surface area contributed by atoms with Crippen molar-refractivity contribution in [2.45, 2.75) is 48.7 Å². The summed E-state index contributed by atoms with van der Waals surface area (Å²) in [7, 11) is -6.09. The zero-order chi connectivity index (χ0) is 21.8. The van der Waals surface area contributed by atoms with Crippen molar-refractivity contribution in [2.24, 2.45) is 11.8 Å². The quantitative estimate of drug-likeness (QED) is 0.368. The molecule has 1 aliphatic heterocycles. The molecule has 1 saturated heterocycles. The lowest BCUT2D eigenvalue weighted by Crippen LogP contribution is -2.53. The number of hydrogen-bond donors (Lipinski definition) is 1. The van der Waals surface area contributed by atoms with E-state index < -0.39 is 69.9 Å². The molecule has 0 aromatic heterocycles. The Hall–Kier alpha value is -1.58. The zero-order valence-corrected chi connectivity index (χ0v) is 15.2. The van der Waals surface area contributed by atoms with Crippen LogP contribution in [-0.4, -0.2) is 67.5 Å². The van der Waals surface area contributed by atoms with Gasteiger partial charge in [-0.3, -0.25) is 4.55 Å². The average molecular weight is 454 g/mol. The maximum atomic E-state index is 13.5. The Labute approximate surface area is 160 Å². The first-order chi connectivity index (χ1) is 13.2. The normalized spacial score (nSPS) is 34.6. The summed E-state index contributed by atoms with van der Waals surface area (Å²) in [5, 5.41) is -5.23. The topological polar surface area (TPSA) is 125 Å². The Morgan fingerprint density at radius 3 is 2.38 bits per heavy atom. The predicted molar refractivity (Wildman–Crippen MR) is 77.8 cm³/mol. The van der Waals surface area contributed by atoms with Gasteiger partial charge in [0.1, 0.15) is 12.7 Å². The third-order valence-electron chi connectivity index (χ3n) is 5.14. The van der Waals surface area contributed by atoms with Crippen molar-refractivity contribution in [1.29, 1.82) is 0 Å². The number of alkyl halides is 5. The van der Waals surface area contributed by atoms with Crippen molar-refractivity contribution < 1.29 is 63.5 Å². The molecule has 166 valence electrons. The first-order valence-corrected chi connectivity index (χ1v) is 9.74. The molecule has 5 unspecified atom stereocenters. The van der Waals surface area contributed by atoms with Crippen LogP contribution < -0.4 is 0 Å². The molecule has 1 spiro atoms. The Bertz CT molecular complexity index is 798. The first kappa shape index (κ1) is 22.1. The summed E-state index contributed by atoms with van der Waals surface area (Å²) in [5.41, 5.74) is 0. The minimum Gasteiger partial charge on any atom is -0.456 e. The van der Waals surface area contributed by atoms with Crippen molar-refractivity contribution in [1.82, 2.24) is 0 Å². The van der Waals surface area contributed by atoms with Crippen LogP contribution >= 0.6 is 0 Å². The van der Waals surface area contributed by atoms with Crippen LogP contribution in [-0.2, 0) is 38.7 Å². The Morgan fingerprint density at radius 2 is 1.79 bits per heavy atom. The largest absolute Gasteiger partial charge is 0.490 e. The highest BCUT2D eigenvalue weighted by molar-refractivity contribution is 7.87. The number of esters is 2. The standard InChI is InChI=1S/C14H15F5O9S/c15-13(16,17)10(20)25-4-8-5-26-12(28-8)7-2-1-6(3-7)9(12)27-11(21)14(18,19)29(22,23)24/h6-9H,1-5H2,(H,22,23,24). The molecule has 1 N–H and O–H groups in total. The summed E-state index contributed by atoms with van der Waals surface area (Å²) in [5.74, 6) is -7.77. The molecule has 2 aliphatic carbocycles. The molecule has 0 aromatic carbocycles. The second-order valence-electron chi connectivity index (χ2n) is 6.96. The van der Waals surface area contributed by atoms with E-state index >= 15 is 0 Å². The summed E-state index contributed by atoms with van der Waals surface area (Å²) in [6, 6.07) is 0. The van der Waals surface area contributed by atoms with Crippen molar-refractivity contribution >= 4 is 22.1 Å². The van der Waals surface area contributed by atoms with Gasteiger partial charge in [-0.2, -0.15) is 30.4 Å². The van der Waals surface area contributed by atoms with E-state index in [4.69, 9.17) is 14.0 Å². The minimum absolute atomic E-state index is 0.310. The summed E-state index contributed by atoms with van der Waals surface area (Å²) in [4.78, 5) is 22.5. The lowest BCUT2D eigenvalue weighted by atomic mass is 9.91. The summed E-state index contributed by atoms with van der Waals surface area (Å²) in [6.45, 7) is -1.23. The molecule has 15 heteroatoms. The number of fused-ring (bicyclic) bond motifs is 3. The highest BCUT2D eigenvalue weighted by Crippen LogP contribution is 2.57. The number of carbonyl (C=O) groups excluding carboxylic acids is 2. The van der Waals surface area contributed by atoms with Gasteiger partial charge in [0.15, 0.2) is 6.10 Å². The fourth-order valence-electron chi connectivity index (χ4n) is 3.93. The van der Waals surface area contributed by atoms with Crippen LogP contribution in [0.15, 0.2) is 0 Å². The predicted octanol–water partition coefficient (Wildman–Crippen LogP) is 1.03. The third kappa shape index (κ3) is 3.80. The average Bonchev–Trinajstić information content (AvgIpc) is 3.28. The van der Waals surface area contributed by atoms with Gasteiger partial charge in [0.2, 0.25) is 5.79 Å². The molecule has 3 rings (SSSR count). The van der Waals surface area contributed by atoms with Gasteiger partial charge in [-0.1, -0.05) is 0 Å². The van der Waals surface area contributed by atoms with Gasteiger partial charge in [0, 0.05) is 11.8 Å². The highest BCUT2D eigenvalue weighted by Gasteiger charge is 2.67.